The maximum Gasteiger partial charge on any atom is 0.407 e. The van der Waals surface area contributed by atoms with Crippen LogP contribution in [0.5, 0.6) is 0 Å². The number of hydrogen-bond acceptors (Lipinski definition) is 2. The maximum absolute atomic E-state index is 12.9. The lowest BCUT2D eigenvalue weighted by atomic mass is 10.0. The molecule has 0 spiro atoms. The van der Waals surface area contributed by atoms with Crippen molar-refractivity contribution < 1.29 is 19.4 Å². The predicted octanol–water partition coefficient (Wildman–Crippen LogP) is 4.75. The molecule has 24 heavy (non-hydrogen) atoms. The second-order valence-corrected chi connectivity index (χ2v) is 6.48. The van der Waals surface area contributed by atoms with Crippen molar-refractivity contribution >= 4 is 22.0 Å². The fraction of sp³-hybridized carbons (Fsp3) is 0.278. The molecule has 2 atom stereocenters. The molecule has 0 heterocycles. The Morgan fingerprint density at radius 3 is 2.21 bits per heavy atom. The first-order valence-electron chi connectivity index (χ1n) is 7.57. The molecule has 0 aliphatic rings. The van der Waals surface area contributed by atoms with Crippen LogP contribution >= 0.6 is 15.9 Å². The number of carboxylic acid groups (broad SMARTS) is 1. The van der Waals surface area contributed by atoms with Crippen molar-refractivity contribution in [2.75, 3.05) is 6.54 Å². The van der Waals surface area contributed by atoms with Crippen molar-refractivity contribution in [3.8, 4) is 0 Å². The normalized spacial score (nSPS) is 13.3. The van der Waals surface area contributed by atoms with Gasteiger partial charge < -0.3 is 15.1 Å². The van der Waals surface area contributed by atoms with Crippen LogP contribution in [-0.2, 0) is 0 Å². The van der Waals surface area contributed by atoms with Gasteiger partial charge in [0.05, 0.1) is 12.1 Å². The Labute approximate surface area is 148 Å². The molecule has 0 saturated heterocycles. The summed E-state index contributed by atoms with van der Waals surface area (Å²) in [4.78, 5) is 12.8. The first kappa shape index (κ1) is 18.4. The van der Waals surface area contributed by atoms with Crippen LogP contribution in [0.2, 0.25) is 0 Å². The number of rotatable bonds is 6. The highest BCUT2D eigenvalue weighted by molar-refractivity contribution is 9.10. The van der Waals surface area contributed by atoms with Crippen molar-refractivity contribution in [2.24, 2.45) is 0 Å². The van der Waals surface area contributed by atoms with Crippen LogP contribution in [0.4, 0.5) is 9.18 Å². The third kappa shape index (κ3) is 4.79. The summed E-state index contributed by atoms with van der Waals surface area (Å²) in [7, 11) is 0. The van der Waals surface area contributed by atoms with Crippen LogP contribution < -0.4 is 0 Å². The number of hydrogen-bond donors (Lipinski definition) is 2. The summed E-state index contributed by atoms with van der Waals surface area (Å²) in [6.45, 7) is 1.98. The number of aliphatic hydroxyl groups excluding tert-OH is 1. The highest BCUT2D eigenvalue weighted by Crippen LogP contribution is 2.25. The zero-order valence-corrected chi connectivity index (χ0v) is 14.8. The van der Waals surface area contributed by atoms with E-state index in [2.05, 4.69) is 15.9 Å². The Morgan fingerprint density at radius 1 is 1.12 bits per heavy atom. The summed E-state index contributed by atoms with van der Waals surface area (Å²) in [5.74, 6) is -0.373. The van der Waals surface area contributed by atoms with Crippen molar-refractivity contribution in [1.29, 1.82) is 0 Å². The van der Waals surface area contributed by atoms with Gasteiger partial charge in [0, 0.05) is 11.0 Å². The zero-order valence-electron chi connectivity index (χ0n) is 13.2. The van der Waals surface area contributed by atoms with Gasteiger partial charge in [0.15, 0.2) is 0 Å². The van der Waals surface area contributed by atoms with E-state index in [0.717, 1.165) is 10.0 Å². The highest BCUT2D eigenvalue weighted by Gasteiger charge is 2.22. The van der Waals surface area contributed by atoms with Gasteiger partial charge in [-0.2, -0.15) is 0 Å². The van der Waals surface area contributed by atoms with E-state index in [4.69, 9.17) is 0 Å². The minimum absolute atomic E-state index is 0.172. The van der Waals surface area contributed by atoms with Gasteiger partial charge in [0.2, 0.25) is 0 Å². The number of carbonyl (C=O) groups is 1. The summed E-state index contributed by atoms with van der Waals surface area (Å²) < 4.78 is 13.8. The largest absolute Gasteiger partial charge is 0.465 e. The monoisotopic (exact) mass is 395 g/mol. The standard InChI is InChI=1S/C18H19BrFNO3/c1-12(13-2-6-15(19)7-3-13)21(18(23)24)11-10-17(22)14-4-8-16(20)9-5-14/h2-9,12,17,22H,10-11H2,1H3,(H,23,24). The van der Waals surface area contributed by atoms with Gasteiger partial charge in [0.25, 0.3) is 0 Å². The molecule has 0 radical (unpaired) electrons. The fourth-order valence-corrected chi connectivity index (χ4v) is 2.75. The second kappa shape index (κ2) is 8.26. The van der Waals surface area contributed by atoms with Crippen molar-refractivity contribution in [2.45, 2.75) is 25.5 Å². The smallest absolute Gasteiger partial charge is 0.407 e. The van der Waals surface area contributed by atoms with Crippen LogP contribution in [0.15, 0.2) is 53.0 Å². The molecule has 2 rings (SSSR count). The zero-order chi connectivity index (χ0) is 17.7. The molecule has 0 fully saturated rings. The third-order valence-electron chi connectivity index (χ3n) is 3.96. The van der Waals surface area contributed by atoms with Gasteiger partial charge in [-0.05, 0) is 48.7 Å². The summed E-state index contributed by atoms with van der Waals surface area (Å²) in [5.41, 5.74) is 1.44. The first-order chi connectivity index (χ1) is 11.4. The SMILES string of the molecule is CC(c1ccc(Br)cc1)N(CCC(O)c1ccc(F)cc1)C(=O)O. The molecule has 6 heteroatoms. The van der Waals surface area contributed by atoms with E-state index in [1.165, 1.54) is 29.2 Å². The third-order valence-corrected chi connectivity index (χ3v) is 4.49. The summed E-state index contributed by atoms with van der Waals surface area (Å²) >= 11 is 3.35. The van der Waals surface area contributed by atoms with E-state index < -0.39 is 12.2 Å². The topological polar surface area (TPSA) is 60.8 Å². The van der Waals surface area contributed by atoms with Crippen molar-refractivity contribution in [1.82, 2.24) is 4.90 Å². The maximum atomic E-state index is 12.9. The van der Waals surface area contributed by atoms with E-state index in [0.29, 0.717) is 5.56 Å². The van der Waals surface area contributed by atoms with Crippen molar-refractivity contribution in [3.05, 3.63) is 69.9 Å². The molecule has 4 nitrogen and oxygen atoms in total. The lowest BCUT2D eigenvalue weighted by molar-refractivity contribution is 0.106. The van der Waals surface area contributed by atoms with Gasteiger partial charge >= 0.3 is 6.09 Å². The molecule has 2 aromatic carbocycles. The molecule has 0 bridgehead atoms. The van der Waals surface area contributed by atoms with Gasteiger partial charge in [-0.25, -0.2) is 9.18 Å². The van der Waals surface area contributed by atoms with Crippen LogP contribution in [0.25, 0.3) is 0 Å². The molecule has 0 aromatic heterocycles. The van der Waals surface area contributed by atoms with E-state index >= 15 is 0 Å². The molecule has 0 aliphatic heterocycles. The minimum Gasteiger partial charge on any atom is -0.465 e. The molecule has 0 saturated carbocycles. The molecular weight excluding hydrogens is 377 g/mol. The number of benzene rings is 2. The summed E-state index contributed by atoms with van der Waals surface area (Å²) in [6.07, 6.45) is -1.65. The quantitative estimate of drug-likeness (QED) is 0.741. The Balaban J connectivity index is 2.04. The van der Waals surface area contributed by atoms with Crippen molar-refractivity contribution in [3.63, 3.8) is 0 Å². The average molecular weight is 396 g/mol. The average Bonchev–Trinajstić information content (AvgIpc) is 2.55. The lowest BCUT2D eigenvalue weighted by Crippen LogP contribution is -2.33. The summed E-state index contributed by atoms with van der Waals surface area (Å²) in [6, 6.07) is 12.7. The fourth-order valence-electron chi connectivity index (χ4n) is 2.49. The molecule has 2 unspecified atom stereocenters. The molecule has 128 valence electrons. The van der Waals surface area contributed by atoms with Crippen LogP contribution in [0.1, 0.15) is 36.6 Å². The van der Waals surface area contributed by atoms with Gasteiger partial charge in [0.1, 0.15) is 5.82 Å². The van der Waals surface area contributed by atoms with Crippen LogP contribution in [0.3, 0.4) is 0 Å². The Hall–Kier alpha value is -1.92. The van der Waals surface area contributed by atoms with Gasteiger partial charge in [-0.3, -0.25) is 0 Å². The van der Waals surface area contributed by atoms with Gasteiger partial charge in [-0.1, -0.05) is 40.2 Å². The number of nitrogens with zero attached hydrogens (tertiary/aromatic N) is 1. The summed E-state index contributed by atoms with van der Waals surface area (Å²) in [5, 5.41) is 19.6. The van der Waals surface area contributed by atoms with Gasteiger partial charge in [-0.15, -0.1) is 0 Å². The Bertz CT molecular complexity index is 676. The number of amides is 1. The van der Waals surface area contributed by atoms with E-state index in [1.807, 2.05) is 31.2 Å². The lowest BCUT2D eigenvalue weighted by Gasteiger charge is -2.28. The van der Waals surface area contributed by atoms with E-state index in [1.54, 1.807) is 0 Å². The molecule has 1 amide bonds. The van der Waals surface area contributed by atoms with Crippen LogP contribution in [-0.4, -0.2) is 27.8 Å². The molecule has 2 aromatic rings. The minimum atomic E-state index is -1.04. The van der Waals surface area contributed by atoms with E-state index in [9.17, 15) is 19.4 Å². The molecular formula is C18H19BrFNO3. The Morgan fingerprint density at radius 2 is 1.67 bits per heavy atom. The highest BCUT2D eigenvalue weighted by atomic mass is 79.9. The molecule has 2 N–H and O–H groups in total. The van der Waals surface area contributed by atoms with Crippen LogP contribution in [0, 0.1) is 5.82 Å². The van der Waals surface area contributed by atoms with E-state index in [-0.39, 0.29) is 24.8 Å². The molecule has 0 aliphatic carbocycles. The first-order valence-corrected chi connectivity index (χ1v) is 8.36. The second-order valence-electron chi connectivity index (χ2n) is 5.56. The predicted molar refractivity (Wildman–Crippen MR) is 93.3 cm³/mol. The number of halogens is 2. The Kier molecular flexibility index (Phi) is 6.34. The number of aliphatic hydroxyl groups is 1.